The molecule has 21 heavy (non-hydrogen) atoms. The highest BCUT2D eigenvalue weighted by Crippen LogP contribution is 2.35. The molecule has 0 saturated carbocycles. The maximum atomic E-state index is 14.3. The van der Waals surface area contributed by atoms with Crippen molar-refractivity contribution in [1.82, 2.24) is 10.2 Å². The molecule has 1 fully saturated rings. The molecule has 1 N–H and O–H groups in total. The second-order valence-corrected chi connectivity index (χ2v) is 5.93. The molecule has 1 aliphatic heterocycles. The molecule has 2 nitrogen and oxygen atoms in total. The number of hydrogen-bond acceptors (Lipinski definition) is 2. The molecule has 1 atom stereocenters. The first kappa shape index (κ1) is 16.7. The Hall–Kier alpha value is -0.710. The Kier molecular flexibility index (Phi) is 6.40. The summed E-state index contributed by atoms with van der Waals surface area (Å²) in [6.07, 6.45) is 4.01. The smallest absolute Gasteiger partial charge is 0.142 e. The number of hydrogen-bond donors (Lipinski definition) is 1. The molecule has 0 amide bonds. The van der Waals surface area contributed by atoms with E-state index in [1.807, 2.05) is 0 Å². The lowest BCUT2D eigenvalue weighted by atomic mass is 9.97. The second kappa shape index (κ2) is 8.06. The number of nitrogens with zero attached hydrogens (tertiary/aromatic N) is 1. The van der Waals surface area contributed by atoms with E-state index in [1.165, 1.54) is 6.07 Å². The fourth-order valence-corrected chi connectivity index (χ4v) is 3.22. The average Bonchev–Trinajstić information content (AvgIpc) is 2.51. The van der Waals surface area contributed by atoms with Crippen molar-refractivity contribution in [2.75, 3.05) is 26.2 Å². The fourth-order valence-electron chi connectivity index (χ4n) is 2.94. The minimum Gasteiger partial charge on any atom is -0.314 e. The summed E-state index contributed by atoms with van der Waals surface area (Å²) in [5, 5.41) is 3.23. The van der Waals surface area contributed by atoms with Gasteiger partial charge < -0.3 is 5.32 Å². The molecule has 0 unspecified atom stereocenters. The van der Waals surface area contributed by atoms with E-state index in [0.29, 0.717) is 5.56 Å². The number of piperazine rings is 1. The zero-order chi connectivity index (χ0) is 15.2. The number of rotatable bonds is 6. The minimum absolute atomic E-state index is 0.0602. The molecular formula is C16H23ClF2N2. The van der Waals surface area contributed by atoms with E-state index in [0.717, 1.165) is 57.9 Å². The lowest BCUT2D eigenvalue weighted by molar-refractivity contribution is 0.159. The summed E-state index contributed by atoms with van der Waals surface area (Å²) < 4.78 is 28.0. The molecule has 0 radical (unpaired) electrons. The second-order valence-electron chi connectivity index (χ2n) is 5.55. The quantitative estimate of drug-likeness (QED) is 0.626. The summed E-state index contributed by atoms with van der Waals surface area (Å²) in [6.45, 7) is 5.55. The molecule has 1 heterocycles. The lowest BCUT2D eigenvalue weighted by Crippen LogP contribution is -2.45. The average molecular weight is 317 g/mol. The maximum Gasteiger partial charge on any atom is 0.142 e. The SMILES string of the molecule is CCCCC[C@@H](c1c(F)ccc(F)c1Cl)N1CCNCC1. The highest BCUT2D eigenvalue weighted by Gasteiger charge is 2.27. The third kappa shape index (κ3) is 4.15. The van der Waals surface area contributed by atoms with Gasteiger partial charge in [-0.1, -0.05) is 37.8 Å². The van der Waals surface area contributed by atoms with Crippen molar-refractivity contribution in [3.05, 3.63) is 34.4 Å². The standard InChI is InChI=1S/C16H23ClF2N2/c1-2-3-4-5-14(21-10-8-20-9-11-21)15-12(18)6-7-13(19)16(15)17/h6-7,14,20H,2-5,8-11H2,1H3/t14-/m0/s1. The molecule has 1 aromatic carbocycles. The van der Waals surface area contributed by atoms with Gasteiger partial charge in [-0.25, -0.2) is 8.78 Å². The van der Waals surface area contributed by atoms with Crippen LogP contribution in [0.5, 0.6) is 0 Å². The Morgan fingerprint density at radius 3 is 2.52 bits per heavy atom. The van der Waals surface area contributed by atoms with Crippen LogP contribution >= 0.6 is 11.6 Å². The van der Waals surface area contributed by atoms with Crippen LogP contribution in [0.25, 0.3) is 0 Å². The number of benzene rings is 1. The van der Waals surface area contributed by atoms with Crippen LogP contribution in [0.1, 0.15) is 44.2 Å². The summed E-state index contributed by atoms with van der Waals surface area (Å²) >= 11 is 6.07. The molecular weight excluding hydrogens is 294 g/mol. The number of nitrogens with one attached hydrogen (secondary N) is 1. The third-order valence-electron chi connectivity index (χ3n) is 4.09. The van der Waals surface area contributed by atoms with Crippen LogP contribution in [0.3, 0.4) is 0 Å². The molecule has 0 spiro atoms. The van der Waals surface area contributed by atoms with Gasteiger partial charge in [-0.05, 0) is 18.6 Å². The van der Waals surface area contributed by atoms with Gasteiger partial charge in [-0.3, -0.25) is 4.90 Å². The van der Waals surface area contributed by atoms with Crippen molar-refractivity contribution in [2.45, 2.75) is 38.6 Å². The van der Waals surface area contributed by atoms with Crippen LogP contribution in [-0.4, -0.2) is 31.1 Å². The highest BCUT2D eigenvalue weighted by atomic mass is 35.5. The van der Waals surface area contributed by atoms with Crippen LogP contribution < -0.4 is 5.32 Å². The Morgan fingerprint density at radius 1 is 1.19 bits per heavy atom. The van der Waals surface area contributed by atoms with Gasteiger partial charge in [0.05, 0.1) is 5.02 Å². The van der Waals surface area contributed by atoms with Crippen LogP contribution in [0.2, 0.25) is 5.02 Å². The van der Waals surface area contributed by atoms with Gasteiger partial charge in [-0.15, -0.1) is 0 Å². The number of halogens is 3. The van der Waals surface area contributed by atoms with Crippen molar-refractivity contribution in [3.8, 4) is 0 Å². The Balaban J connectivity index is 2.27. The van der Waals surface area contributed by atoms with Gasteiger partial charge in [0.2, 0.25) is 0 Å². The van der Waals surface area contributed by atoms with E-state index in [-0.39, 0.29) is 11.1 Å². The first-order chi connectivity index (χ1) is 10.1. The van der Waals surface area contributed by atoms with Gasteiger partial charge in [-0.2, -0.15) is 0 Å². The Morgan fingerprint density at radius 2 is 1.86 bits per heavy atom. The molecule has 118 valence electrons. The van der Waals surface area contributed by atoms with Crippen molar-refractivity contribution >= 4 is 11.6 Å². The summed E-state index contributed by atoms with van der Waals surface area (Å²) in [4.78, 5) is 2.22. The predicted octanol–water partition coefficient (Wildman–Crippen LogP) is 4.14. The van der Waals surface area contributed by atoms with E-state index >= 15 is 0 Å². The van der Waals surface area contributed by atoms with E-state index in [4.69, 9.17) is 11.6 Å². The maximum absolute atomic E-state index is 14.3. The van der Waals surface area contributed by atoms with Gasteiger partial charge in [0.25, 0.3) is 0 Å². The van der Waals surface area contributed by atoms with Crippen LogP contribution in [0.15, 0.2) is 12.1 Å². The van der Waals surface area contributed by atoms with Gasteiger partial charge in [0, 0.05) is 37.8 Å². The fraction of sp³-hybridized carbons (Fsp3) is 0.625. The van der Waals surface area contributed by atoms with Crippen LogP contribution in [0, 0.1) is 11.6 Å². The normalized spacial score (nSPS) is 17.9. The van der Waals surface area contributed by atoms with Crippen molar-refractivity contribution in [2.24, 2.45) is 0 Å². The largest absolute Gasteiger partial charge is 0.314 e. The Bertz CT molecular complexity index is 462. The monoisotopic (exact) mass is 316 g/mol. The molecule has 2 rings (SSSR count). The molecule has 0 bridgehead atoms. The first-order valence-corrected chi connectivity index (χ1v) is 8.11. The zero-order valence-electron chi connectivity index (χ0n) is 12.5. The van der Waals surface area contributed by atoms with Crippen molar-refractivity contribution in [3.63, 3.8) is 0 Å². The van der Waals surface area contributed by atoms with E-state index in [9.17, 15) is 8.78 Å². The minimum atomic E-state index is -0.538. The third-order valence-corrected chi connectivity index (χ3v) is 4.47. The molecule has 5 heteroatoms. The van der Waals surface area contributed by atoms with Crippen LogP contribution in [0.4, 0.5) is 8.78 Å². The van der Waals surface area contributed by atoms with Gasteiger partial charge >= 0.3 is 0 Å². The van der Waals surface area contributed by atoms with Crippen LogP contribution in [-0.2, 0) is 0 Å². The van der Waals surface area contributed by atoms with E-state index in [2.05, 4.69) is 17.1 Å². The van der Waals surface area contributed by atoms with Gasteiger partial charge in [0.15, 0.2) is 0 Å². The first-order valence-electron chi connectivity index (χ1n) is 7.73. The van der Waals surface area contributed by atoms with Crippen molar-refractivity contribution < 1.29 is 8.78 Å². The zero-order valence-corrected chi connectivity index (χ0v) is 13.2. The lowest BCUT2D eigenvalue weighted by Gasteiger charge is -2.36. The summed E-state index contributed by atoms with van der Waals surface area (Å²) in [5.74, 6) is -0.940. The van der Waals surface area contributed by atoms with E-state index in [1.54, 1.807) is 0 Å². The molecule has 0 aliphatic carbocycles. The predicted molar refractivity (Wildman–Crippen MR) is 82.7 cm³/mol. The highest BCUT2D eigenvalue weighted by molar-refractivity contribution is 6.31. The summed E-state index contributed by atoms with van der Waals surface area (Å²) in [5.41, 5.74) is 0.328. The van der Waals surface area contributed by atoms with Crippen molar-refractivity contribution in [1.29, 1.82) is 0 Å². The van der Waals surface area contributed by atoms with Gasteiger partial charge in [0.1, 0.15) is 11.6 Å². The molecule has 0 aromatic heterocycles. The topological polar surface area (TPSA) is 15.3 Å². The molecule has 1 aromatic rings. The molecule has 1 saturated heterocycles. The summed E-state index contributed by atoms with van der Waals surface area (Å²) in [6, 6.07) is 2.15. The van der Waals surface area contributed by atoms with E-state index < -0.39 is 11.6 Å². The summed E-state index contributed by atoms with van der Waals surface area (Å²) in [7, 11) is 0. The molecule has 1 aliphatic rings. The Labute approximate surface area is 130 Å². The number of unbranched alkanes of at least 4 members (excludes halogenated alkanes) is 2.